The fourth-order valence-electron chi connectivity index (χ4n) is 1.10. The van der Waals surface area contributed by atoms with Crippen molar-refractivity contribution in [3.8, 4) is 0 Å². The standard InChI is InChI=1S/C7H14O5/c1-8-7(9-2,10-3)6-11-4-5-12-6/h6H,4-5H2,1-3H3. The lowest BCUT2D eigenvalue weighted by Gasteiger charge is -2.31. The molecule has 0 N–H and O–H groups in total. The van der Waals surface area contributed by atoms with Crippen molar-refractivity contribution in [3.63, 3.8) is 0 Å². The molecule has 1 saturated heterocycles. The molecule has 0 bridgehead atoms. The monoisotopic (exact) mass is 178 g/mol. The number of ether oxygens (including phenoxy) is 5. The molecule has 1 fully saturated rings. The molecule has 0 radical (unpaired) electrons. The molecule has 0 spiro atoms. The van der Waals surface area contributed by atoms with Gasteiger partial charge in [-0.05, 0) is 0 Å². The van der Waals surface area contributed by atoms with E-state index in [-0.39, 0.29) is 0 Å². The van der Waals surface area contributed by atoms with E-state index >= 15 is 0 Å². The van der Waals surface area contributed by atoms with Gasteiger partial charge in [0.25, 0.3) is 0 Å². The van der Waals surface area contributed by atoms with Gasteiger partial charge in [-0.25, -0.2) is 0 Å². The van der Waals surface area contributed by atoms with Gasteiger partial charge in [0.1, 0.15) is 0 Å². The molecule has 5 nitrogen and oxygen atoms in total. The van der Waals surface area contributed by atoms with Crippen molar-refractivity contribution in [1.29, 1.82) is 0 Å². The molecule has 1 aliphatic rings. The zero-order valence-corrected chi connectivity index (χ0v) is 7.53. The van der Waals surface area contributed by atoms with Gasteiger partial charge in [-0.2, -0.15) is 0 Å². The van der Waals surface area contributed by atoms with E-state index in [1.54, 1.807) is 0 Å². The maximum absolute atomic E-state index is 5.19. The maximum Gasteiger partial charge on any atom is 0.336 e. The van der Waals surface area contributed by atoms with Crippen molar-refractivity contribution in [2.75, 3.05) is 34.5 Å². The Morgan fingerprint density at radius 3 is 1.75 bits per heavy atom. The van der Waals surface area contributed by atoms with Gasteiger partial charge < -0.3 is 23.7 Å². The first-order chi connectivity index (χ1) is 5.79. The molecule has 1 rings (SSSR count). The zero-order chi connectivity index (χ0) is 9.03. The van der Waals surface area contributed by atoms with Crippen LogP contribution in [0.3, 0.4) is 0 Å². The molecule has 12 heavy (non-hydrogen) atoms. The normalized spacial score (nSPS) is 20.2. The van der Waals surface area contributed by atoms with Crippen LogP contribution in [-0.4, -0.2) is 46.8 Å². The van der Waals surface area contributed by atoms with E-state index in [1.807, 2.05) is 0 Å². The molecule has 1 heterocycles. The van der Waals surface area contributed by atoms with E-state index in [9.17, 15) is 0 Å². The second-order valence-electron chi connectivity index (χ2n) is 2.29. The molecular weight excluding hydrogens is 164 g/mol. The van der Waals surface area contributed by atoms with Gasteiger partial charge >= 0.3 is 5.97 Å². The Morgan fingerprint density at radius 1 is 1.00 bits per heavy atom. The zero-order valence-electron chi connectivity index (χ0n) is 7.53. The number of methoxy groups -OCH3 is 3. The summed E-state index contributed by atoms with van der Waals surface area (Å²) in [6.07, 6.45) is -0.613. The van der Waals surface area contributed by atoms with Gasteiger partial charge in [-0.3, -0.25) is 0 Å². The smallest absolute Gasteiger partial charge is 0.336 e. The molecule has 0 saturated carbocycles. The number of hydrogen-bond donors (Lipinski definition) is 0. The van der Waals surface area contributed by atoms with E-state index in [1.165, 1.54) is 21.3 Å². The Kier molecular flexibility index (Phi) is 3.42. The summed E-state index contributed by atoms with van der Waals surface area (Å²) in [5, 5.41) is 0. The van der Waals surface area contributed by atoms with E-state index in [4.69, 9.17) is 23.7 Å². The lowest BCUT2D eigenvalue weighted by atomic mass is 10.5. The molecule has 0 aromatic rings. The highest BCUT2D eigenvalue weighted by Gasteiger charge is 2.44. The Balaban J connectivity index is 2.61. The van der Waals surface area contributed by atoms with Crippen molar-refractivity contribution < 1.29 is 23.7 Å². The van der Waals surface area contributed by atoms with Crippen LogP contribution in [0.1, 0.15) is 0 Å². The highest BCUT2D eigenvalue weighted by molar-refractivity contribution is 4.65. The summed E-state index contributed by atoms with van der Waals surface area (Å²) < 4.78 is 25.5. The topological polar surface area (TPSA) is 46.2 Å². The first-order valence-electron chi connectivity index (χ1n) is 3.67. The summed E-state index contributed by atoms with van der Waals surface area (Å²) >= 11 is 0. The van der Waals surface area contributed by atoms with Crippen molar-refractivity contribution in [1.82, 2.24) is 0 Å². The quantitative estimate of drug-likeness (QED) is 0.565. The average Bonchev–Trinajstić information content (AvgIpc) is 2.62. The van der Waals surface area contributed by atoms with Crippen LogP contribution in [0.4, 0.5) is 0 Å². The number of hydrogen-bond acceptors (Lipinski definition) is 5. The Bertz CT molecular complexity index is 119. The fraction of sp³-hybridized carbons (Fsp3) is 1.00. The van der Waals surface area contributed by atoms with Crippen molar-refractivity contribution in [2.24, 2.45) is 0 Å². The highest BCUT2D eigenvalue weighted by Crippen LogP contribution is 2.24. The third-order valence-electron chi connectivity index (χ3n) is 1.76. The molecule has 72 valence electrons. The molecular formula is C7H14O5. The third kappa shape index (κ3) is 1.60. The van der Waals surface area contributed by atoms with Crippen LogP contribution < -0.4 is 0 Å². The molecule has 0 atom stereocenters. The second kappa shape index (κ2) is 4.15. The van der Waals surface area contributed by atoms with E-state index in [0.717, 1.165) is 0 Å². The van der Waals surface area contributed by atoms with Crippen molar-refractivity contribution in [3.05, 3.63) is 0 Å². The summed E-state index contributed by atoms with van der Waals surface area (Å²) in [5.74, 6) is -1.24. The first-order valence-corrected chi connectivity index (χ1v) is 3.67. The largest absolute Gasteiger partial charge is 0.343 e. The van der Waals surface area contributed by atoms with Gasteiger partial charge in [0, 0.05) is 21.3 Å². The summed E-state index contributed by atoms with van der Waals surface area (Å²) in [4.78, 5) is 0. The van der Waals surface area contributed by atoms with Crippen LogP contribution in [0.25, 0.3) is 0 Å². The van der Waals surface area contributed by atoms with Crippen LogP contribution in [0.5, 0.6) is 0 Å². The van der Waals surface area contributed by atoms with Gasteiger partial charge in [-0.15, -0.1) is 0 Å². The highest BCUT2D eigenvalue weighted by atomic mass is 16.9. The summed E-state index contributed by atoms with van der Waals surface area (Å²) in [7, 11) is 4.41. The van der Waals surface area contributed by atoms with Gasteiger partial charge in [-0.1, -0.05) is 0 Å². The van der Waals surface area contributed by atoms with Gasteiger partial charge in [0.15, 0.2) is 0 Å². The number of rotatable bonds is 4. The summed E-state index contributed by atoms with van der Waals surface area (Å²) in [6.45, 7) is 1.06. The Hall–Kier alpha value is -0.200. The van der Waals surface area contributed by atoms with Crippen molar-refractivity contribution >= 4 is 0 Å². The lowest BCUT2D eigenvalue weighted by molar-refractivity contribution is -0.420. The van der Waals surface area contributed by atoms with E-state index in [0.29, 0.717) is 13.2 Å². The average molecular weight is 178 g/mol. The molecule has 0 aliphatic carbocycles. The molecule has 1 aliphatic heterocycles. The molecule has 0 amide bonds. The Labute approximate surface area is 71.5 Å². The molecule has 5 heteroatoms. The van der Waals surface area contributed by atoms with Gasteiger partial charge in [0.05, 0.1) is 13.2 Å². The minimum Gasteiger partial charge on any atom is -0.343 e. The predicted molar refractivity (Wildman–Crippen MR) is 39.5 cm³/mol. The first kappa shape index (κ1) is 9.88. The third-order valence-corrected chi connectivity index (χ3v) is 1.76. The predicted octanol–water partition coefficient (Wildman–Crippen LogP) is -0.0477. The molecule has 0 aromatic carbocycles. The Morgan fingerprint density at radius 2 is 1.42 bits per heavy atom. The fourth-order valence-corrected chi connectivity index (χ4v) is 1.10. The summed E-state index contributed by atoms with van der Waals surface area (Å²) in [6, 6.07) is 0. The van der Waals surface area contributed by atoms with E-state index in [2.05, 4.69) is 0 Å². The van der Waals surface area contributed by atoms with Crippen LogP contribution in [0, 0.1) is 0 Å². The van der Waals surface area contributed by atoms with Gasteiger partial charge in [0.2, 0.25) is 6.29 Å². The van der Waals surface area contributed by atoms with E-state index < -0.39 is 12.3 Å². The van der Waals surface area contributed by atoms with Crippen LogP contribution in [0.15, 0.2) is 0 Å². The summed E-state index contributed by atoms with van der Waals surface area (Å²) in [5.41, 5.74) is 0. The second-order valence-corrected chi connectivity index (χ2v) is 2.29. The maximum atomic E-state index is 5.19. The molecule has 0 unspecified atom stereocenters. The minimum absolute atomic E-state index is 0.530. The van der Waals surface area contributed by atoms with Crippen LogP contribution in [0.2, 0.25) is 0 Å². The molecule has 0 aromatic heterocycles. The SMILES string of the molecule is COC(OC)(OC)C1OCCO1. The van der Waals surface area contributed by atoms with Crippen LogP contribution >= 0.6 is 0 Å². The minimum atomic E-state index is -1.24. The lowest BCUT2D eigenvalue weighted by Crippen LogP contribution is -2.48. The van der Waals surface area contributed by atoms with Crippen molar-refractivity contribution in [2.45, 2.75) is 12.3 Å². The van der Waals surface area contributed by atoms with Crippen LogP contribution in [-0.2, 0) is 23.7 Å².